The minimum atomic E-state index is -0.682. The number of nitrogens with one attached hydrogen (secondary N) is 1. The molecule has 1 amide bonds. The Bertz CT molecular complexity index is 725. The summed E-state index contributed by atoms with van der Waals surface area (Å²) in [6, 6.07) is 5.69. The summed E-state index contributed by atoms with van der Waals surface area (Å²) in [4.78, 5) is 12.9. The van der Waals surface area contributed by atoms with Crippen molar-refractivity contribution in [2.24, 2.45) is 0 Å². The molecule has 24 heavy (non-hydrogen) atoms. The van der Waals surface area contributed by atoms with E-state index >= 15 is 0 Å². The van der Waals surface area contributed by atoms with Gasteiger partial charge in [-0.25, -0.2) is 4.68 Å². The van der Waals surface area contributed by atoms with Gasteiger partial charge < -0.3 is 14.8 Å². The van der Waals surface area contributed by atoms with E-state index in [-0.39, 0.29) is 12.7 Å². The minimum absolute atomic E-state index is 0.0350. The maximum Gasteiger partial charge on any atom is 0.248 e. The molecule has 1 aliphatic carbocycles. The number of ether oxygens (including phenoxy) is 2. The highest BCUT2D eigenvalue weighted by molar-refractivity contribution is 5.84. The Labute approximate surface area is 139 Å². The lowest BCUT2D eigenvalue weighted by Crippen LogP contribution is -2.50. The fourth-order valence-electron chi connectivity index (χ4n) is 3.45. The largest absolute Gasteiger partial charge is 0.454 e. The van der Waals surface area contributed by atoms with E-state index in [9.17, 15) is 4.79 Å². The molecule has 0 atom stereocenters. The number of amides is 1. The van der Waals surface area contributed by atoms with Gasteiger partial charge in [-0.3, -0.25) is 4.79 Å². The molecule has 0 radical (unpaired) electrons. The second-order valence-electron chi connectivity index (χ2n) is 6.22. The van der Waals surface area contributed by atoms with Crippen LogP contribution in [0.3, 0.4) is 0 Å². The number of carbonyl (C=O) groups is 1. The van der Waals surface area contributed by atoms with E-state index in [1.54, 1.807) is 4.68 Å². The maximum absolute atomic E-state index is 12.9. The summed E-state index contributed by atoms with van der Waals surface area (Å²) < 4.78 is 12.3. The second-order valence-corrected chi connectivity index (χ2v) is 6.22. The molecule has 1 fully saturated rings. The van der Waals surface area contributed by atoms with Gasteiger partial charge in [-0.1, -0.05) is 25.3 Å². The van der Waals surface area contributed by atoms with E-state index in [2.05, 4.69) is 20.8 Å². The van der Waals surface area contributed by atoms with Gasteiger partial charge in [-0.05, 0) is 41.0 Å². The van der Waals surface area contributed by atoms with Crippen LogP contribution >= 0.6 is 0 Å². The standard InChI is InChI=1S/C16H19N5O3/c22-15(16(6-2-1-3-7-16)21-10-18-19-20-21)17-9-12-4-5-13-14(8-12)24-11-23-13/h4-5,8,10H,1-3,6-7,9,11H2,(H,17,22). The Kier molecular flexibility index (Phi) is 3.79. The summed E-state index contributed by atoms with van der Waals surface area (Å²) in [5, 5.41) is 14.4. The van der Waals surface area contributed by atoms with Crippen LogP contribution < -0.4 is 14.8 Å². The van der Waals surface area contributed by atoms with Gasteiger partial charge in [0.25, 0.3) is 0 Å². The van der Waals surface area contributed by atoms with Gasteiger partial charge in [0, 0.05) is 6.54 Å². The number of rotatable bonds is 4. The van der Waals surface area contributed by atoms with Crippen LogP contribution in [0.5, 0.6) is 11.5 Å². The number of hydrogen-bond acceptors (Lipinski definition) is 6. The van der Waals surface area contributed by atoms with Crippen LogP contribution in [0.25, 0.3) is 0 Å². The first-order valence-corrected chi connectivity index (χ1v) is 8.18. The molecule has 1 aliphatic heterocycles. The van der Waals surface area contributed by atoms with Crippen LogP contribution in [0.15, 0.2) is 24.5 Å². The van der Waals surface area contributed by atoms with Crippen LogP contribution in [0, 0.1) is 0 Å². The minimum Gasteiger partial charge on any atom is -0.454 e. The van der Waals surface area contributed by atoms with E-state index in [4.69, 9.17) is 9.47 Å². The topological polar surface area (TPSA) is 91.2 Å². The SMILES string of the molecule is O=C(NCc1ccc2c(c1)OCO2)C1(n2cnnn2)CCCCC1. The highest BCUT2D eigenvalue weighted by Gasteiger charge is 2.42. The highest BCUT2D eigenvalue weighted by atomic mass is 16.7. The first-order valence-electron chi connectivity index (χ1n) is 8.18. The molecule has 1 aromatic heterocycles. The second kappa shape index (κ2) is 6.10. The average Bonchev–Trinajstić information content (AvgIpc) is 3.31. The van der Waals surface area contributed by atoms with Gasteiger partial charge in [-0.2, -0.15) is 0 Å². The van der Waals surface area contributed by atoms with Crippen LogP contribution in [0.1, 0.15) is 37.7 Å². The molecule has 4 rings (SSSR count). The van der Waals surface area contributed by atoms with Crippen LogP contribution in [0.4, 0.5) is 0 Å². The summed E-state index contributed by atoms with van der Waals surface area (Å²) >= 11 is 0. The van der Waals surface area contributed by atoms with Crippen molar-refractivity contribution in [2.75, 3.05) is 6.79 Å². The van der Waals surface area contributed by atoms with Gasteiger partial charge in [-0.15, -0.1) is 5.10 Å². The average molecular weight is 329 g/mol. The molecule has 1 saturated carbocycles. The number of tetrazole rings is 1. The van der Waals surface area contributed by atoms with Crippen molar-refractivity contribution < 1.29 is 14.3 Å². The third-order valence-corrected chi connectivity index (χ3v) is 4.78. The zero-order valence-electron chi connectivity index (χ0n) is 13.3. The molecule has 1 aromatic carbocycles. The molecule has 0 saturated heterocycles. The van der Waals surface area contributed by atoms with Gasteiger partial charge in [0.15, 0.2) is 11.5 Å². The van der Waals surface area contributed by atoms with Crippen molar-refractivity contribution in [1.82, 2.24) is 25.5 Å². The lowest BCUT2D eigenvalue weighted by molar-refractivity contribution is -0.132. The number of benzene rings is 1. The molecule has 126 valence electrons. The Hall–Kier alpha value is -2.64. The summed E-state index contributed by atoms with van der Waals surface area (Å²) in [6.45, 7) is 0.674. The fourth-order valence-corrected chi connectivity index (χ4v) is 3.45. The smallest absolute Gasteiger partial charge is 0.248 e. The van der Waals surface area contributed by atoms with Crippen LogP contribution in [0.2, 0.25) is 0 Å². The predicted octanol–water partition coefficient (Wildman–Crippen LogP) is 1.38. The molecular formula is C16H19N5O3. The van der Waals surface area contributed by atoms with Crippen molar-refractivity contribution in [2.45, 2.75) is 44.2 Å². The first-order chi connectivity index (χ1) is 11.8. The Balaban J connectivity index is 1.49. The van der Waals surface area contributed by atoms with E-state index in [0.717, 1.165) is 49.2 Å². The summed E-state index contributed by atoms with van der Waals surface area (Å²) in [5.41, 5.74) is 0.285. The molecule has 0 unspecified atom stereocenters. The summed E-state index contributed by atoms with van der Waals surface area (Å²) in [7, 11) is 0. The zero-order valence-corrected chi connectivity index (χ0v) is 13.3. The third-order valence-electron chi connectivity index (χ3n) is 4.78. The van der Waals surface area contributed by atoms with E-state index in [1.165, 1.54) is 6.33 Å². The van der Waals surface area contributed by atoms with Gasteiger partial charge in [0.2, 0.25) is 12.7 Å². The van der Waals surface area contributed by atoms with Crippen molar-refractivity contribution in [3.63, 3.8) is 0 Å². The number of hydrogen-bond donors (Lipinski definition) is 1. The Morgan fingerprint density at radius 1 is 1.21 bits per heavy atom. The molecule has 1 N–H and O–H groups in total. The monoisotopic (exact) mass is 329 g/mol. The summed E-state index contributed by atoms with van der Waals surface area (Å²) in [5.74, 6) is 1.42. The first kappa shape index (κ1) is 14.9. The van der Waals surface area contributed by atoms with E-state index in [1.807, 2.05) is 18.2 Å². The van der Waals surface area contributed by atoms with Crippen molar-refractivity contribution >= 4 is 5.91 Å². The molecular weight excluding hydrogens is 310 g/mol. The molecule has 2 heterocycles. The quantitative estimate of drug-likeness (QED) is 0.911. The normalized spacial score (nSPS) is 18.3. The third kappa shape index (κ3) is 2.57. The van der Waals surface area contributed by atoms with Crippen molar-refractivity contribution in [1.29, 1.82) is 0 Å². The number of aromatic nitrogens is 4. The molecule has 0 bridgehead atoms. The number of nitrogens with zero attached hydrogens (tertiary/aromatic N) is 4. The molecule has 8 nitrogen and oxygen atoms in total. The number of fused-ring (bicyclic) bond motifs is 1. The predicted molar refractivity (Wildman–Crippen MR) is 83.3 cm³/mol. The molecule has 8 heteroatoms. The zero-order chi connectivity index (χ0) is 16.4. The van der Waals surface area contributed by atoms with Gasteiger partial charge in [0.05, 0.1) is 0 Å². The van der Waals surface area contributed by atoms with Gasteiger partial charge >= 0.3 is 0 Å². The van der Waals surface area contributed by atoms with E-state index < -0.39 is 5.54 Å². The van der Waals surface area contributed by atoms with Crippen molar-refractivity contribution in [3.05, 3.63) is 30.1 Å². The number of carbonyl (C=O) groups excluding carboxylic acids is 1. The fraction of sp³-hybridized carbons (Fsp3) is 0.500. The van der Waals surface area contributed by atoms with Gasteiger partial charge in [0.1, 0.15) is 11.9 Å². The molecule has 2 aliphatic rings. The van der Waals surface area contributed by atoms with E-state index in [0.29, 0.717) is 6.54 Å². The lowest BCUT2D eigenvalue weighted by Gasteiger charge is -2.35. The Morgan fingerprint density at radius 3 is 2.83 bits per heavy atom. The molecule has 0 spiro atoms. The highest BCUT2D eigenvalue weighted by Crippen LogP contribution is 2.35. The molecule has 2 aromatic rings. The lowest BCUT2D eigenvalue weighted by atomic mass is 9.81. The van der Waals surface area contributed by atoms with Crippen LogP contribution in [-0.2, 0) is 16.9 Å². The Morgan fingerprint density at radius 2 is 2.04 bits per heavy atom. The maximum atomic E-state index is 12.9. The summed E-state index contributed by atoms with van der Waals surface area (Å²) in [6.07, 6.45) is 6.18. The van der Waals surface area contributed by atoms with Crippen LogP contribution in [-0.4, -0.2) is 32.9 Å². The van der Waals surface area contributed by atoms with Crippen molar-refractivity contribution in [3.8, 4) is 11.5 Å².